The predicted octanol–water partition coefficient (Wildman–Crippen LogP) is 1.28. The van der Waals surface area contributed by atoms with Gasteiger partial charge < -0.3 is 14.5 Å². The second kappa shape index (κ2) is 7.26. The summed E-state index contributed by atoms with van der Waals surface area (Å²) in [4.78, 5) is 47.1. The lowest BCUT2D eigenvalue weighted by Crippen LogP contribution is -2.37. The molecule has 1 N–H and O–H groups in total. The topological polar surface area (TPSA) is 97.9 Å². The third-order valence-corrected chi connectivity index (χ3v) is 6.24. The highest BCUT2D eigenvalue weighted by Gasteiger charge is 2.23. The molecule has 5 rings (SSSR count). The Balaban J connectivity index is 1.29. The molecule has 0 radical (unpaired) electrons. The number of imidazole rings is 1. The van der Waals surface area contributed by atoms with Gasteiger partial charge in [-0.15, -0.1) is 0 Å². The molecule has 0 bridgehead atoms. The molecule has 0 fully saturated rings. The number of amides is 1. The summed E-state index contributed by atoms with van der Waals surface area (Å²) < 4.78 is 4.18. The van der Waals surface area contributed by atoms with Gasteiger partial charge in [-0.05, 0) is 12.5 Å². The van der Waals surface area contributed by atoms with Gasteiger partial charge in [-0.2, -0.15) is 0 Å². The van der Waals surface area contributed by atoms with Gasteiger partial charge in [0.1, 0.15) is 0 Å². The number of aromatic amines is 1. The minimum atomic E-state index is -0.403. The van der Waals surface area contributed by atoms with Crippen LogP contribution in [0, 0.1) is 0 Å². The molecule has 31 heavy (non-hydrogen) atoms. The first-order valence-electron chi connectivity index (χ1n) is 10.4. The van der Waals surface area contributed by atoms with Crippen LogP contribution in [0.15, 0.2) is 40.2 Å². The monoisotopic (exact) mass is 420 g/mol. The fourth-order valence-corrected chi connectivity index (χ4v) is 4.50. The lowest BCUT2D eigenvalue weighted by Gasteiger charge is -2.27. The van der Waals surface area contributed by atoms with Crippen molar-refractivity contribution < 1.29 is 4.79 Å². The van der Waals surface area contributed by atoms with Crippen molar-refractivity contribution in [3.63, 3.8) is 0 Å². The Labute approximate surface area is 177 Å². The van der Waals surface area contributed by atoms with E-state index in [9.17, 15) is 14.4 Å². The second-order valence-corrected chi connectivity index (χ2v) is 8.11. The highest BCUT2D eigenvalue weighted by atomic mass is 16.2. The number of benzene rings is 1. The number of carbonyl (C=O) groups is 1. The number of para-hydroxylation sites is 1. The van der Waals surface area contributed by atoms with Gasteiger partial charge in [0.2, 0.25) is 5.91 Å². The average Bonchev–Trinajstić information content (AvgIpc) is 3.37. The lowest BCUT2D eigenvalue weighted by atomic mass is 10.0. The molecule has 0 saturated carbocycles. The lowest BCUT2D eigenvalue weighted by molar-refractivity contribution is -0.132. The van der Waals surface area contributed by atoms with E-state index < -0.39 is 5.69 Å². The molecule has 9 nitrogen and oxygen atoms in total. The largest absolute Gasteiger partial charge is 0.358 e. The van der Waals surface area contributed by atoms with Crippen LogP contribution in [0.5, 0.6) is 0 Å². The number of aromatic nitrogens is 5. The van der Waals surface area contributed by atoms with Crippen molar-refractivity contribution in [3.05, 3.63) is 62.7 Å². The number of rotatable bonds is 4. The highest BCUT2D eigenvalue weighted by Crippen LogP contribution is 2.27. The molecule has 4 aromatic rings. The van der Waals surface area contributed by atoms with Crippen LogP contribution >= 0.6 is 0 Å². The Hall–Kier alpha value is -3.62. The van der Waals surface area contributed by atoms with Crippen LogP contribution in [0.25, 0.3) is 22.1 Å². The normalized spacial score (nSPS) is 13.8. The maximum Gasteiger partial charge on any atom is 0.332 e. The van der Waals surface area contributed by atoms with E-state index >= 15 is 0 Å². The van der Waals surface area contributed by atoms with Crippen LogP contribution in [0.1, 0.15) is 24.1 Å². The van der Waals surface area contributed by atoms with E-state index in [0.29, 0.717) is 43.6 Å². The van der Waals surface area contributed by atoms with Gasteiger partial charge in [-0.1, -0.05) is 18.2 Å². The van der Waals surface area contributed by atoms with Crippen molar-refractivity contribution >= 4 is 28.0 Å². The summed E-state index contributed by atoms with van der Waals surface area (Å²) in [6.45, 7) is 1.81. The van der Waals surface area contributed by atoms with E-state index in [0.717, 1.165) is 16.5 Å². The van der Waals surface area contributed by atoms with E-state index in [4.69, 9.17) is 0 Å². The second-order valence-electron chi connectivity index (χ2n) is 8.11. The van der Waals surface area contributed by atoms with Gasteiger partial charge in [0.25, 0.3) is 5.56 Å². The molecule has 160 valence electrons. The number of carbonyl (C=O) groups excluding carboxylic acids is 1. The molecule has 0 atom stereocenters. The van der Waals surface area contributed by atoms with Crippen molar-refractivity contribution in [2.24, 2.45) is 14.1 Å². The van der Waals surface area contributed by atoms with Crippen molar-refractivity contribution in [1.29, 1.82) is 0 Å². The molecule has 0 saturated heterocycles. The standard InChI is InChI=1S/C22H24N6O3/c1-25-20-19(21(30)26(2)22(25)31)28(13-23-20)10-5-8-18(29)27-11-9-17-15(12-27)14-6-3-4-7-16(14)24-17/h3-4,6-7,13,24H,5,8-12H2,1-2H3. The number of hydrogen-bond acceptors (Lipinski definition) is 4. The number of H-pyrrole nitrogens is 1. The maximum absolute atomic E-state index is 12.9. The molecular weight excluding hydrogens is 396 g/mol. The van der Waals surface area contributed by atoms with Gasteiger partial charge in [0, 0.05) is 68.7 Å². The zero-order valence-corrected chi connectivity index (χ0v) is 17.6. The Morgan fingerprint density at radius 1 is 1.16 bits per heavy atom. The number of hydrogen-bond donors (Lipinski definition) is 1. The summed E-state index contributed by atoms with van der Waals surface area (Å²) in [7, 11) is 3.06. The van der Waals surface area contributed by atoms with E-state index in [-0.39, 0.29) is 11.5 Å². The van der Waals surface area contributed by atoms with E-state index in [1.54, 1.807) is 17.9 Å². The molecule has 1 amide bonds. The van der Waals surface area contributed by atoms with Crippen LogP contribution in [-0.4, -0.2) is 41.0 Å². The van der Waals surface area contributed by atoms with Gasteiger partial charge in [0.05, 0.1) is 6.33 Å². The maximum atomic E-state index is 12.9. The Morgan fingerprint density at radius 2 is 1.97 bits per heavy atom. The molecule has 0 aliphatic carbocycles. The van der Waals surface area contributed by atoms with Crippen molar-refractivity contribution in [1.82, 2.24) is 28.6 Å². The van der Waals surface area contributed by atoms with Crippen molar-refractivity contribution in [3.8, 4) is 0 Å². The first-order valence-corrected chi connectivity index (χ1v) is 10.4. The van der Waals surface area contributed by atoms with Crippen molar-refractivity contribution in [2.45, 2.75) is 32.4 Å². The van der Waals surface area contributed by atoms with Gasteiger partial charge >= 0.3 is 5.69 Å². The van der Waals surface area contributed by atoms with Gasteiger partial charge in [-0.25, -0.2) is 9.78 Å². The fraction of sp³-hybridized carbons (Fsp3) is 0.364. The highest BCUT2D eigenvalue weighted by molar-refractivity contribution is 5.86. The van der Waals surface area contributed by atoms with Crippen LogP contribution < -0.4 is 11.2 Å². The number of aryl methyl sites for hydroxylation is 2. The molecule has 0 unspecified atom stereocenters. The fourth-order valence-electron chi connectivity index (χ4n) is 4.50. The Morgan fingerprint density at radius 3 is 2.81 bits per heavy atom. The number of nitrogens with one attached hydrogen (secondary N) is 1. The molecule has 1 aromatic carbocycles. The third-order valence-electron chi connectivity index (χ3n) is 6.24. The van der Waals surface area contributed by atoms with Crippen LogP contribution in [0.4, 0.5) is 0 Å². The first-order chi connectivity index (χ1) is 15.0. The van der Waals surface area contributed by atoms with E-state index in [1.165, 1.54) is 28.3 Å². The first kappa shape index (κ1) is 19.3. The molecule has 1 aliphatic rings. The Kier molecular flexibility index (Phi) is 4.53. The molecule has 3 aromatic heterocycles. The van der Waals surface area contributed by atoms with Crippen LogP contribution in [-0.2, 0) is 38.4 Å². The quantitative estimate of drug-likeness (QED) is 0.538. The SMILES string of the molecule is Cn1c(=O)c2c(ncn2CCCC(=O)N2CCc3[nH]c4ccccc4c3C2)n(C)c1=O. The predicted molar refractivity (Wildman–Crippen MR) is 117 cm³/mol. The summed E-state index contributed by atoms with van der Waals surface area (Å²) in [5, 5.41) is 1.18. The number of nitrogens with zero attached hydrogens (tertiary/aromatic N) is 5. The molecule has 4 heterocycles. The average molecular weight is 420 g/mol. The van der Waals surface area contributed by atoms with Crippen LogP contribution in [0.3, 0.4) is 0 Å². The minimum Gasteiger partial charge on any atom is -0.358 e. The van der Waals surface area contributed by atoms with Crippen molar-refractivity contribution in [2.75, 3.05) is 6.54 Å². The third kappa shape index (κ3) is 3.08. The summed E-state index contributed by atoms with van der Waals surface area (Å²) in [5.74, 6) is 0.112. The zero-order valence-electron chi connectivity index (χ0n) is 17.6. The smallest absolute Gasteiger partial charge is 0.332 e. The zero-order chi connectivity index (χ0) is 21.7. The molecule has 9 heteroatoms. The molecule has 1 aliphatic heterocycles. The molecule has 0 spiro atoms. The summed E-state index contributed by atoms with van der Waals surface area (Å²) in [6, 6.07) is 8.19. The number of fused-ring (bicyclic) bond motifs is 4. The Bertz CT molecular complexity index is 1440. The van der Waals surface area contributed by atoms with Gasteiger partial charge in [-0.3, -0.25) is 18.7 Å². The molecular formula is C22H24N6O3. The van der Waals surface area contributed by atoms with E-state index in [1.807, 2.05) is 17.0 Å². The summed E-state index contributed by atoms with van der Waals surface area (Å²) >= 11 is 0. The van der Waals surface area contributed by atoms with E-state index in [2.05, 4.69) is 22.1 Å². The summed E-state index contributed by atoms with van der Waals surface area (Å²) in [6.07, 6.45) is 3.37. The summed E-state index contributed by atoms with van der Waals surface area (Å²) in [5.41, 5.74) is 3.52. The minimum absolute atomic E-state index is 0.112. The van der Waals surface area contributed by atoms with Gasteiger partial charge in [0.15, 0.2) is 11.2 Å². The van der Waals surface area contributed by atoms with Crippen LogP contribution in [0.2, 0.25) is 0 Å².